The first-order valence-electron chi connectivity index (χ1n) is 24.4. The number of esters is 2. The van der Waals surface area contributed by atoms with E-state index in [0.29, 0.717) is 18.4 Å². The van der Waals surface area contributed by atoms with Crippen LogP contribution in [0.3, 0.4) is 0 Å². The predicted octanol–water partition coefficient (Wildman–Crippen LogP) is 0.598. The molecular formula is C47H72O19. The Balaban J connectivity index is 0.740. The summed E-state index contributed by atoms with van der Waals surface area (Å²) in [4.78, 5) is 24.9. The van der Waals surface area contributed by atoms with E-state index >= 15 is 0 Å². The number of carbonyl (C=O) groups excluding carboxylic acids is 2. The first-order chi connectivity index (χ1) is 31.2. The summed E-state index contributed by atoms with van der Waals surface area (Å²) in [6.45, 7) is 10.1. The third-order valence-corrected chi connectivity index (χ3v) is 17.9. The fraction of sp³-hybridized carbons (Fsp3) is 0.915. The van der Waals surface area contributed by atoms with Gasteiger partial charge in [0.2, 0.25) is 0 Å². The lowest BCUT2D eigenvalue weighted by Gasteiger charge is -2.64. The number of hydrogen-bond donors (Lipinski definition) is 8. The Hall–Kier alpha value is -1.92. The van der Waals surface area contributed by atoms with Crippen LogP contribution in [0.1, 0.15) is 112 Å². The van der Waals surface area contributed by atoms with Crippen LogP contribution >= 0.6 is 0 Å². The summed E-state index contributed by atoms with van der Waals surface area (Å²) >= 11 is 0. The van der Waals surface area contributed by atoms with E-state index in [-0.39, 0.29) is 54.0 Å². The van der Waals surface area contributed by atoms with E-state index < -0.39 is 116 Å². The Morgan fingerprint density at radius 2 is 1.30 bits per heavy atom. The molecule has 9 rings (SSSR count). The molecule has 0 bridgehead atoms. The molecule has 0 spiro atoms. The largest absolute Gasteiger partial charge is 0.458 e. The molecule has 19 heteroatoms. The summed E-state index contributed by atoms with van der Waals surface area (Å²) in [5, 5.41) is 86.0. The highest BCUT2D eigenvalue weighted by atomic mass is 16.7. The zero-order valence-corrected chi connectivity index (χ0v) is 38.5. The van der Waals surface area contributed by atoms with Crippen molar-refractivity contribution >= 4 is 11.9 Å². The van der Waals surface area contributed by atoms with E-state index in [1.54, 1.807) is 13.0 Å². The maximum absolute atomic E-state index is 12.9. The van der Waals surface area contributed by atoms with Crippen molar-refractivity contribution in [2.45, 2.75) is 228 Å². The fourth-order valence-corrected chi connectivity index (χ4v) is 14.2. The van der Waals surface area contributed by atoms with Crippen molar-refractivity contribution in [2.24, 2.45) is 34.5 Å². The van der Waals surface area contributed by atoms with E-state index in [4.69, 9.17) is 42.6 Å². The van der Waals surface area contributed by atoms with Gasteiger partial charge in [-0.25, -0.2) is 9.59 Å². The minimum Gasteiger partial charge on any atom is -0.458 e. The second-order valence-electron chi connectivity index (χ2n) is 21.6. The van der Waals surface area contributed by atoms with Crippen LogP contribution in [0, 0.1) is 34.5 Å². The zero-order chi connectivity index (χ0) is 47.2. The SMILES string of the molecule is CC1OC(OC2C(O)CC(OC3C(O)CC(OC4CCC5(C)C(CCC6C5CCC5(C)C(C7=CC(=O)OC7)CCC65O)C4)OC3C)OC2C)CC(OC(=O)C2OC(O)C(O)C(O)C2O)C1O. The molecule has 4 aliphatic carbocycles. The number of cyclic esters (lactones) is 1. The van der Waals surface area contributed by atoms with E-state index in [2.05, 4.69) is 13.8 Å². The molecule has 8 N–H and O–H groups in total. The maximum atomic E-state index is 12.9. The van der Waals surface area contributed by atoms with Crippen molar-refractivity contribution in [3.05, 3.63) is 11.6 Å². The van der Waals surface area contributed by atoms with Gasteiger partial charge in [-0.2, -0.15) is 0 Å². The van der Waals surface area contributed by atoms with E-state index in [0.717, 1.165) is 63.4 Å². The molecule has 0 aromatic heterocycles. The van der Waals surface area contributed by atoms with Crippen LogP contribution in [0.15, 0.2) is 11.6 Å². The van der Waals surface area contributed by atoms with Gasteiger partial charge in [0.25, 0.3) is 0 Å². The van der Waals surface area contributed by atoms with E-state index in [9.17, 15) is 50.4 Å². The molecule has 9 aliphatic rings. The highest BCUT2D eigenvalue weighted by Crippen LogP contribution is 2.70. The van der Waals surface area contributed by atoms with Gasteiger partial charge in [0, 0.05) is 30.8 Å². The molecule has 0 amide bonds. The molecule has 66 heavy (non-hydrogen) atoms. The molecule has 0 aromatic rings. The summed E-state index contributed by atoms with van der Waals surface area (Å²) in [7, 11) is 0. The van der Waals surface area contributed by atoms with Crippen molar-refractivity contribution in [2.75, 3.05) is 6.61 Å². The number of fused-ring (bicyclic) bond motifs is 5. The molecule has 5 aliphatic heterocycles. The summed E-state index contributed by atoms with van der Waals surface area (Å²) in [6, 6.07) is 0. The highest BCUT2D eigenvalue weighted by Gasteiger charge is 2.68. The Morgan fingerprint density at radius 1 is 0.667 bits per heavy atom. The smallest absolute Gasteiger partial charge is 0.338 e. The number of aliphatic hydroxyl groups excluding tert-OH is 7. The van der Waals surface area contributed by atoms with Gasteiger partial charge < -0.3 is 83.5 Å². The Morgan fingerprint density at radius 3 is 1.94 bits per heavy atom. The maximum Gasteiger partial charge on any atom is 0.338 e. The molecule has 0 radical (unpaired) electrons. The predicted molar refractivity (Wildman–Crippen MR) is 224 cm³/mol. The van der Waals surface area contributed by atoms with Gasteiger partial charge in [0.05, 0.1) is 42.2 Å². The van der Waals surface area contributed by atoms with Gasteiger partial charge >= 0.3 is 11.9 Å². The lowest BCUT2D eigenvalue weighted by Crippen LogP contribution is -2.62. The molecule has 4 saturated carbocycles. The van der Waals surface area contributed by atoms with Crippen LogP contribution in [-0.4, -0.2) is 176 Å². The zero-order valence-electron chi connectivity index (χ0n) is 38.5. The van der Waals surface area contributed by atoms with Crippen molar-refractivity contribution in [1.29, 1.82) is 0 Å². The van der Waals surface area contributed by atoms with Crippen LogP contribution in [-0.2, 0) is 52.2 Å². The number of hydrogen-bond acceptors (Lipinski definition) is 19. The average Bonchev–Trinajstić information content (AvgIpc) is 3.81. The minimum atomic E-state index is -1.96. The monoisotopic (exact) mass is 940 g/mol. The molecule has 19 nitrogen and oxygen atoms in total. The molecule has 0 aromatic carbocycles. The van der Waals surface area contributed by atoms with Gasteiger partial charge in [0.15, 0.2) is 31.3 Å². The van der Waals surface area contributed by atoms with Crippen LogP contribution in [0.25, 0.3) is 0 Å². The summed E-state index contributed by atoms with van der Waals surface area (Å²) in [5.41, 5.74) is 0.0773. The molecular weight excluding hydrogens is 868 g/mol. The molecule has 5 heterocycles. The Bertz CT molecular complexity index is 1780. The second kappa shape index (κ2) is 18.7. The Labute approximate surface area is 384 Å². The lowest BCUT2D eigenvalue weighted by molar-refractivity contribution is -0.337. The van der Waals surface area contributed by atoms with Gasteiger partial charge in [-0.3, -0.25) is 0 Å². The topological polar surface area (TPSA) is 279 Å². The van der Waals surface area contributed by atoms with E-state index in [1.807, 2.05) is 6.92 Å². The molecule has 4 saturated heterocycles. The normalized spacial score (nSPS) is 54.1. The summed E-state index contributed by atoms with van der Waals surface area (Å²) < 4.78 is 53.0. The van der Waals surface area contributed by atoms with Crippen LogP contribution in [0.5, 0.6) is 0 Å². The van der Waals surface area contributed by atoms with Crippen molar-refractivity contribution in [3.63, 3.8) is 0 Å². The Kier molecular flexibility index (Phi) is 13.9. The standard InChI is InChI=1S/C47H72O19/c1-20-36(51)31(63-44(56)42-38(53)37(52)39(54)43(55)66-42)18-35(59-20)65-41-22(3)61-34(17-30(41)49)64-40-21(2)60-33(16-29(40)48)62-25-8-11-45(4)24(15-25)6-7-28-27(45)9-12-46(5)26(10-13-47(28,46)57)23-14-32(50)58-19-23/h14,20-22,24-31,33-43,48-49,51-55,57H,6-13,15-19H2,1-5H3. The number of carbonyl (C=O) groups is 2. The molecule has 25 unspecified atom stereocenters. The van der Waals surface area contributed by atoms with Crippen LogP contribution < -0.4 is 0 Å². The summed E-state index contributed by atoms with van der Waals surface area (Å²) in [5.74, 6) is -0.234. The van der Waals surface area contributed by atoms with Gasteiger partial charge in [-0.15, -0.1) is 0 Å². The van der Waals surface area contributed by atoms with E-state index in [1.165, 1.54) is 6.92 Å². The molecule has 374 valence electrons. The number of rotatable bonds is 9. The van der Waals surface area contributed by atoms with Crippen molar-refractivity contribution in [3.8, 4) is 0 Å². The number of aliphatic hydroxyl groups is 8. The fourth-order valence-electron chi connectivity index (χ4n) is 14.2. The van der Waals surface area contributed by atoms with Crippen molar-refractivity contribution < 1.29 is 93.1 Å². The minimum absolute atomic E-state index is 0.0169. The third-order valence-electron chi connectivity index (χ3n) is 17.9. The number of ether oxygens (including phenoxy) is 9. The van der Waals surface area contributed by atoms with Crippen LogP contribution in [0.4, 0.5) is 0 Å². The van der Waals surface area contributed by atoms with Gasteiger partial charge in [-0.1, -0.05) is 13.8 Å². The quantitative estimate of drug-likeness (QED) is 0.116. The summed E-state index contributed by atoms with van der Waals surface area (Å²) in [6.07, 6.45) is -10.6. The van der Waals surface area contributed by atoms with Crippen LogP contribution in [0.2, 0.25) is 0 Å². The first-order valence-corrected chi connectivity index (χ1v) is 24.4. The molecule has 25 atom stereocenters. The van der Waals surface area contributed by atoms with Crippen molar-refractivity contribution in [1.82, 2.24) is 0 Å². The van der Waals surface area contributed by atoms with Gasteiger partial charge in [0.1, 0.15) is 49.3 Å². The second-order valence-corrected chi connectivity index (χ2v) is 21.6. The molecule has 8 fully saturated rings. The highest BCUT2D eigenvalue weighted by molar-refractivity contribution is 5.85. The average molecular weight is 941 g/mol. The van der Waals surface area contributed by atoms with Gasteiger partial charge in [-0.05, 0) is 113 Å². The lowest BCUT2D eigenvalue weighted by atomic mass is 9.43. The first kappa shape index (κ1) is 49.1. The third kappa shape index (κ3) is 8.71.